The Bertz CT molecular complexity index is 429. The summed E-state index contributed by atoms with van der Waals surface area (Å²) in [5.41, 5.74) is 1.07. The summed E-state index contributed by atoms with van der Waals surface area (Å²) in [5, 5.41) is 7.39. The molecule has 0 atom stereocenters. The van der Waals surface area contributed by atoms with Crippen LogP contribution in [-0.4, -0.2) is 25.8 Å². The van der Waals surface area contributed by atoms with Gasteiger partial charge in [-0.05, 0) is 25.0 Å². The van der Waals surface area contributed by atoms with Crippen molar-refractivity contribution in [2.45, 2.75) is 18.9 Å². The largest absolute Gasteiger partial charge is 0.381 e. The van der Waals surface area contributed by atoms with Gasteiger partial charge in [-0.1, -0.05) is 0 Å². The molecule has 0 amide bonds. The van der Waals surface area contributed by atoms with Crippen molar-refractivity contribution in [3.05, 3.63) is 31.0 Å². The number of rotatable bonds is 3. The smallest absolute Gasteiger partial charge is 0.155 e. The molecule has 1 N–H and O–H groups in total. The molecule has 0 saturated heterocycles. The third-order valence-electron chi connectivity index (χ3n) is 2.35. The Balaban J connectivity index is 1.80. The minimum Gasteiger partial charge on any atom is -0.381 e. The van der Waals surface area contributed by atoms with Crippen LogP contribution in [0.25, 0.3) is 5.82 Å². The Hall–Kier alpha value is -1.91. The van der Waals surface area contributed by atoms with Crippen LogP contribution < -0.4 is 5.32 Å². The first-order valence-electron chi connectivity index (χ1n) is 4.99. The first kappa shape index (κ1) is 8.40. The second-order valence-corrected chi connectivity index (χ2v) is 3.66. The summed E-state index contributed by atoms with van der Waals surface area (Å²) >= 11 is 0. The van der Waals surface area contributed by atoms with Crippen molar-refractivity contribution in [1.29, 1.82) is 0 Å². The Kier molecular flexibility index (Phi) is 1.87. The minimum atomic E-state index is 0.657. The summed E-state index contributed by atoms with van der Waals surface area (Å²) in [4.78, 5) is 8.18. The fourth-order valence-corrected chi connectivity index (χ4v) is 1.40. The highest BCUT2D eigenvalue weighted by molar-refractivity contribution is 5.45. The van der Waals surface area contributed by atoms with E-state index in [1.165, 1.54) is 19.2 Å². The quantitative estimate of drug-likeness (QED) is 0.811. The Labute approximate surface area is 87.2 Å². The van der Waals surface area contributed by atoms with Gasteiger partial charge in [-0.15, -0.1) is 0 Å². The van der Waals surface area contributed by atoms with E-state index in [1.807, 2.05) is 18.3 Å². The summed E-state index contributed by atoms with van der Waals surface area (Å²) in [5.74, 6) is 0.786. The maximum atomic E-state index is 4.30. The van der Waals surface area contributed by atoms with Crippen molar-refractivity contribution in [2.75, 3.05) is 5.32 Å². The Morgan fingerprint density at radius 3 is 2.87 bits per heavy atom. The Morgan fingerprint density at radius 1 is 1.33 bits per heavy atom. The lowest BCUT2D eigenvalue weighted by Crippen LogP contribution is -2.03. The molecule has 2 aromatic heterocycles. The van der Waals surface area contributed by atoms with Gasteiger partial charge in [0.25, 0.3) is 0 Å². The van der Waals surface area contributed by atoms with Crippen molar-refractivity contribution in [3.63, 3.8) is 0 Å². The number of anilines is 1. The molecule has 2 aromatic rings. The zero-order chi connectivity index (χ0) is 10.1. The zero-order valence-corrected chi connectivity index (χ0v) is 8.17. The first-order chi connectivity index (χ1) is 7.42. The van der Waals surface area contributed by atoms with E-state index in [2.05, 4.69) is 20.4 Å². The summed E-state index contributed by atoms with van der Waals surface area (Å²) < 4.78 is 1.64. The van der Waals surface area contributed by atoms with Crippen LogP contribution in [-0.2, 0) is 0 Å². The third kappa shape index (κ3) is 1.81. The molecule has 3 rings (SSSR count). The molecule has 2 heterocycles. The van der Waals surface area contributed by atoms with Gasteiger partial charge in [0.15, 0.2) is 5.82 Å². The second kappa shape index (κ2) is 3.34. The highest BCUT2D eigenvalue weighted by atomic mass is 15.3. The van der Waals surface area contributed by atoms with Crippen LogP contribution in [0.1, 0.15) is 12.8 Å². The van der Waals surface area contributed by atoms with Gasteiger partial charge in [0.2, 0.25) is 0 Å². The van der Waals surface area contributed by atoms with Gasteiger partial charge in [-0.3, -0.25) is 0 Å². The topological polar surface area (TPSA) is 55.6 Å². The lowest BCUT2D eigenvalue weighted by molar-refractivity contribution is 0.845. The second-order valence-electron chi connectivity index (χ2n) is 3.66. The van der Waals surface area contributed by atoms with E-state index in [0.717, 1.165) is 11.5 Å². The van der Waals surface area contributed by atoms with Crippen molar-refractivity contribution in [2.24, 2.45) is 0 Å². The molecular formula is C10H11N5. The lowest BCUT2D eigenvalue weighted by atomic mass is 10.4. The van der Waals surface area contributed by atoms with Crippen LogP contribution >= 0.6 is 0 Å². The van der Waals surface area contributed by atoms with Crippen molar-refractivity contribution < 1.29 is 0 Å². The number of hydrogen-bond donors (Lipinski definition) is 1. The van der Waals surface area contributed by atoms with Crippen LogP contribution in [0.5, 0.6) is 0 Å². The molecule has 0 unspecified atom stereocenters. The van der Waals surface area contributed by atoms with E-state index in [9.17, 15) is 0 Å². The third-order valence-corrected chi connectivity index (χ3v) is 2.35. The number of pyridine rings is 1. The molecule has 5 nitrogen and oxygen atoms in total. The average molecular weight is 201 g/mol. The molecule has 0 bridgehead atoms. The summed E-state index contributed by atoms with van der Waals surface area (Å²) in [6.07, 6.45) is 7.50. The molecule has 0 aliphatic heterocycles. The van der Waals surface area contributed by atoms with E-state index in [-0.39, 0.29) is 0 Å². The monoisotopic (exact) mass is 201 g/mol. The number of nitrogens with zero attached hydrogens (tertiary/aromatic N) is 4. The van der Waals surface area contributed by atoms with E-state index in [4.69, 9.17) is 0 Å². The van der Waals surface area contributed by atoms with Crippen LogP contribution in [0.2, 0.25) is 0 Å². The SMILES string of the molecule is c1ncn(-c2ccc(NC3CC3)cn2)n1. The summed E-state index contributed by atoms with van der Waals surface area (Å²) in [6, 6.07) is 4.60. The average Bonchev–Trinajstić information content (AvgIpc) is 2.92. The molecule has 1 aliphatic carbocycles. The Morgan fingerprint density at radius 2 is 2.27 bits per heavy atom. The maximum Gasteiger partial charge on any atom is 0.155 e. The summed E-state index contributed by atoms with van der Waals surface area (Å²) in [6.45, 7) is 0. The van der Waals surface area contributed by atoms with Crippen molar-refractivity contribution in [3.8, 4) is 5.82 Å². The number of hydrogen-bond acceptors (Lipinski definition) is 4. The predicted octanol–water partition coefficient (Wildman–Crippen LogP) is 1.24. The standard InChI is InChI=1S/C10H11N5/c1-2-8(1)14-9-3-4-10(12-5-9)15-7-11-6-13-15/h3-8,14H,1-2H2. The van der Waals surface area contributed by atoms with E-state index >= 15 is 0 Å². The zero-order valence-electron chi connectivity index (χ0n) is 8.17. The van der Waals surface area contributed by atoms with Crippen LogP contribution in [0, 0.1) is 0 Å². The lowest BCUT2D eigenvalue weighted by Gasteiger charge is -2.04. The number of nitrogens with one attached hydrogen (secondary N) is 1. The van der Waals surface area contributed by atoms with Gasteiger partial charge < -0.3 is 5.32 Å². The molecule has 1 saturated carbocycles. The molecular weight excluding hydrogens is 190 g/mol. The fourth-order valence-electron chi connectivity index (χ4n) is 1.40. The van der Waals surface area contributed by atoms with Gasteiger partial charge in [0.1, 0.15) is 12.7 Å². The fraction of sp³-hybridized carbons (Fsp3) is 0.300. The molecule has 15 heavy (non-hydrogen) atoms. The summed E-state index contributed by atoms with van der Waals surface area (Å²) in [7, 11) is 0. The molecule has 0 radical (unpaired) electrons. The molecule has 5 heteroatoms. The van der Waals surface area contributed by atoms with Crippen molar-refractivity contribution >= 4 is 5.69 Å². The molecule has 0 spiro atoms. The van der Waals surface area contributed by atoms with Crippen LogP contribution in [0.4, 0.5) is 5.69 Å². The van der Waals surface area contributed by atoms with Gasteiger partial charge in [-0.2, -0.15) is 5.10 Å². The maximum absolute atomic E-state index is 4.30. The van der Waals surface area contributed by atoms with Gasteiger partial charge in [-0.25, -0.2) is 14.6 Å². The van der Waals surface area contributed by atoms with E-state index in [1.54, 1.807) is 11.0 Å². The molecule has 0 aromatic carbocycles. The van der Waals surface area contributed by atoms with Crippen molar-refractivity contribution in [1.82, 2.24) is 19.7 Å². The van der Waals surface area contributed by atoms with E-state index < -0.39 is 0 Å². The van der Waals surface area contributed by atoms with Gasteiger partial charge in [0.05, 0.1) is 11.9 Å². The first-order valence-corrected chi connectivity index (χ1v) is 4.99. The minimum absolute atomic E-state index is 0.657. The highest BCUT2D eigenvalue weighted by Gasteiger charge is 2.20. The molecule has 1 aliphatic rings. The molecule has 76 valence electrons. The van der Waals surface area contributed by atoms with E-state index in [0.29, 0.717) is 6.04 Å². The van der Waals surface area contributed by atoms with Gasteiger partial charge in [0, 0.05) is 6.04 Å². The van der Waals surface area contributed by atoms with Crippen LogP contribution in [0.3, 0.4) is 0 Å². The van der Waals surface area contributed by atoms with Crippen LogP contribution in [0.15, 0.2) is 31.0 Å². The van der Waals surface area contributed by atoms with Gasteiger partial charge >= 0.3 is 0 Å². The predicted molar refractivity (Wildman–Crippen MR) is 55.8 cm³/mol. The normalized spacial score (nSPS) is 15.2. The number of aromatic nitrogens is 4. The molecule has 1 fully saturated rings. The highest BCUT2D eigenvalue weighted by Crippen LogP contribution is 2.24.